The van der Waals surface area contributed by atoms with Gasteiger partial charge in [-0.15, -0.1) is 0 Å². The molecule has 3 nitrogen and oxygen atoms in total. The molecular weight excluding hydrogens is 212 g/mol. The van der Waals surface area contributed by atoms with E-state index in [1.165, 1.54) is 5.56 Å². The van der Waals surface area contributed by atoms with Crippen molar-refractivity contribution >= 4 is 10.9 Å². The number of H-pyrrole nitrogens is 1. The van der Waals surface area contributed by atoms with Crippen molar-refractivity contribution in [3.63, 3.8) is 0 Å². The molecule has 2 heterocycles. The monoisotopic (exact) mass is 226 g/mol. The summed E-state index contributed by atoms with van der Waals surface area (Å²) in [6.45, 7) is 4.16. The van der Waals surface area contributed by atoms with E-state index in [1.54, 1.807) is 6.26 Å². The maximum absolute atomic E-state index is 5.52. The Labute approximate surface area is 99.5 Å². The zero-order valence-corrected chi connectivity index (χ0v) is 9.95. The van der Waals surface area contributed by atoms with Gasteiger partial charge in [-0.1, -0.05) is 25.1 Å². The van der Waals surface area contributed by atoms with Crippen molar-refractivity contribution in [1.29, 1.82) is 0 Å². The normalized spacial score (nSPS) is 11.2. The highest BCUT2D eigenvalue weighted by Gasteiger charge is 2.11. The molecule has 86 valence electrons. The van der Waals surface area contributed by atoms with Crippen molar-refractivity contribution in [1.82, 2.24) is 9.97 Å². The third-order valence-corrected chi connectivity index (χ3v) is 3.07. The summed E-state index contributed by atoms with van der Waals surface area (Å²) in [5.41, 5.74) is 4.40. The van der Waals surface area contributed by atoms with Gasteiger partial charge in [0.05, 0.1) is 11.3 Å². The molecule has 0 atom stereocenters. The van der Waals surface area contributed by atoms with Crippen LogP contribution < -0.4 is 0 Å². The highest BCUT2D eigenvalue weighted by molar-refractivity contribution is 5.95. The van der Waals surface area contributed by atoms with Gasteiger partial charge in [0.2, 0.25) is 5.89 Å². The highest BCUT2D eigenvalue weighted by atomic mass is 16.3. The van der Waals surface area contributed by atoms with Crippen molar-refractivity contribution in [2.45, 2.75) is 20.3 Å². The van der Waals surface area contributed by atoms with Gasteiger partial charge in [-0.3, -0.25) is 0 Å². The molecule has 1 aromatic carbocycles. The van der Waals surface area contributed by atoms with Crippen LogP contribution in [0.3, 0.4) is 0 Å². The first-order valence-corrected chi connectivity index (χ1v) is 5.81. The third kappa shape index (κ3) is 1.55. The lowest BCUT2D eigenvalue weighted by molar-refractivity contribution is 0.573. The highest BCUT2D eigenvalue weighted by Crippen LogP contribution is 2.29. The molecule has 2 aromatic heterocycles. The van der Waals surface area contributed by atoms with E-state index in [0.29, 0.717) is 5.89 Å². The van der Waals surface area contributed by atoms with Gasteiger partial charge in [-0.2, -0.15) is 0 Å². The van der Waals surface area contributed by atoms with E-state index in [9.17, 15) is 0 Å². The second-order valence-electron chi connectivity index (χ2n) is 4.20. The van der Waals surface area contributed by atoms with Gasteiger partial charge < -0.3 is 9.40 Å². The van der Waals surface area contributed by atoms with Gasteiger partial charge in [0, 0.05) is 17.1 Å². The molecule has 0 amide bonds. The van der Waals surface area contributed by atoms with Gasteiger partial charge in [-0.05, 0) is 18.9 Å². The Morgan fingerprint density at radius 1 is 1.35 bits per heavy atom. The lowest BCUT2D eigenvalue weighted by Crippen LogP contribution is -1.80. The van der Waals surface area contributed by atoms with Gasteiger partial charge in [0.1, 0.15) is 6.26 Å². The van der Waals surface area contributed by atoms with Crippen LogP contribution in [0, 0.1) is 6.92 Å². The molecule has 3 rings (SSSR count). The molecule has 0 aliphatic rings. The molecule has 0 saturated carbocycles. The number of fused-ring (bicyclic) bond motifs is 1. The van der Waals surface area contributed by atoms with Crippen LogP contribution in [0.2, 0.25) is 0 Å². The van der Waals surface area contributed by atoms with E-state index >= 15 is 0 Å². The average Bonchev–Trinajstić information content (AvgIpc) is 2.94. The lowest BCUT2D eigenvalue weighted by Gasteiger charge is -1.96. The molecule has 17 heavy (non-hydrogen) atoms. The molecule has 0 unspecified atom stereocenters. The van der Waals surface area contributed by atoms with Gasteiger partial charge >= 0.3 is 0 Å². The summed E-state index contributed by atoms with van der Waals surface area (Å²) in [5.74, 6) is 0.693. The van der Waals surface area contributed by atoms with E-state index < -0.39 is 0 Å². The maximum Gasteiger partial charge on any atom is 0.228 e. The van der Waals surface area contributed by atoms with Gasteiger partial charge in [0.25, 0.3) is 0 Å². The Hall–Kier alpha value is -2.03. The molecule has 0 radical (unpaired) electrons. The summed E-state index contributed by atoms with van der Waals surface area (Å²) in [4.78, 5) is 7.75. The number of aromatic nitrogens is 2. The number of nitrogens with one attached hydrogen (secondary N) is 1. The summed E-state index contributed by atoms with van der Waals surface area (Å²) in [5, 5.41) is 1.16. The summed E-state index contributed by atoms with van der Waals surface area (Å²) in [7, 11) is 0. The lowest BCUT2D eigenvalue weighted by atomic mass is 10.1. The largest absolute Gasteiger partial charge is 0.444 e. The first-order valence-electron chi connectivity index (χ1n) is 5.81. The molecule has 3 aromatic rings. The SMILES string of the molecule is CCc1coc(-c2c[nH]c3c(C)cccc23)n1. The fourth-order valence-corrected chi connectivity index (χ4v) is 2.08. The predicted octanol–water partition coefficient (Wildman–Crippen LogP) is 3.69. The van der Waals surface area contributed by atoms with Crippen molar-refractivity contribution in [2.75, 3.05) is 0 Å². The van der Waals surface area contributed by atoms with Crippen molar-refractivity contribution < 1.29 is 4.42 Å². The van der Waals surface area contributed by atoms with Crippen LogP contribution in [0.5, 0.6) is 0 Å². The number of rotatable bonds is 2. The molecule has 0 aliphatic heterocycles. The van der Waals surface area contributed by atoms with Crippen LogP contribution in [0.4, 0.5) is 0 Å². The fraction of sp³-hybridized carbons (Fsp3) is 0.214. The Morgan fingerprint density at radius 2 is 2.24 bits per heavy atom. The minimum atomic E-state index is 0.693. The van der Waals surface area contributed by atoms with Crippen molar-refractivity contribution in [2.24, 2.45) is 0 Å². The van der Waals surface area contributed by atoms with E-state index in [0.717, 1.165) is 28.6 Å². The summed E-state index contributed by atoms with van der Waals surface area (Å²) < 4.78 is 5.52. The number of benzene rings is 1. The third-order valence-electron chi connectivity index (χ3n) is 3.07. The Morgan fingerprint density at radius 3 is 3.00 bits per heavy atom. The van der Waals surface area contributed by atoms with Crippen LogP contribution in [-0.2, 0) is 6.42 Å². The predicted molar refractivity (Wildman–Crippen MR) is 67.9 cm³/mol. The molecule has 0 aliphatic carbocycles. The number of aromatic amines is 1. The number of nitrogens with zero attached hydrogens (tertiary/aromatic N) is 1. The van der Waals surface area contributed by atoms with Crippen LogP contribution in [0.25, 0.3) is 22.4 Å². The Kier molecular flexibility index (Phi) is 2.25. The summed E-state index contributed by atoms with van der Waals surface area (Å²) in [6, 6.07) is 6.23. The van der Waals surface area contributed by atoms with E-state index in [-0.39, 0.29) is 0 Å². The molecular formula is C14H14N2O. The van der Waals surface area contributed by atoms with Crippen LogP contribution in [0.1, 0.15) is 18.2 Å². The minimum absolute atomic E-state index is 0.693. The van der Waals surface area contributed by atoms with Gasteiger partial charge in [-0.25, -0.2) is 4.98 Å². The van der Waals surface area contributed by atoms with Crippen LogP contribution >= 0.6 is 0 Å². The molecule has 0 bridgehead atoms. The number of aryl methyl sites for hydroxylation is 2. The van der Waals surface area contributed by atoms with Gasteiger partial charge in [0.15, 0.2) is 0 Å². The molecule has 0 fully saturated rings. The second-order valence-corrected chi connectivity index (χ2v) is 4.20. The maximum atomic E-state index is 5.52. The van der Waals surface area contributed by atoms with Crippen LogP contribution in [-0.4, -0.2) is 9.97 Å². The Balaban J connectivity index is 2.20. The zero-order chi connectivity index (χ0) is 11.8. The molecule has 0 spiro atoms. The number of oxazole rings is 1. The first-order chi connectivity index (χ1) is 8.29. The summed E-state index contributed by atoms with van der Waals surface area (Å²) in [6.07, 6.45) is 4.58. The number of hydrogen-bond acceptors (Lipinski definition) is 2. The topological polar surface area (TPSA) is 41.8 Å². The average molecular weight is 226 g/mol. The first kappa shape index (κ1) is 10.1. The summed E-state index contributed by atoms with van der Waals surface area (Å²) >= 11 is 0. The Bertz CT molecular complexity index is 664. The quantitative estimate of drug-likeness (QED) is 0.724. The molecule has 1 N–H and O–H groups in total. The fourth-order valence-electron chi connectivity index (χ4n) is 2.08. The van der Waals surface area contributed by atoms with E-state index in [2.05, 4.69) is 42.0 Å². The molecule has 0 saturated heterocycles. The van der Waals surface area contributed by atoms with Crippen LogP contribution in [0.15, 0.2) is 35.1 Å². The smallest absolute Gasteiger partial charge is 0.228 e. The standard InChI is InChI=1S/C14H14N2O/c1-3-10-8-17-14(16-10)12-7-15-13-9(2)5-4-6-11(12)13/h4-8,15H,3H2,1-2H3. The number of para-hydroxylation sites is 1. The van der Waals surface area contributed by atoms with E-state index in [1.807, 2.05) is 6.20 Å². The van der Waals surface area contributed by atoms with E-state index in [4.69, 9.17) is 4.42 Å². The zero-order valence-electron chi connectivity index (χ0n) is 9.95. The number of hydrogen-bond donors (Lipinski definition) is 1. The molecule has 3 heteroatoms. The second kappa shape index (κ2) is 3.77. The minimum Gasteiger partial charge on any atom is -0.444 e. The van der Waals surface area contributed by atoms with Crippen molar-refractivity contribution in [3.8, 4) is 11.5 Å². The van der Waals surface area contributed by atoms with Crippen molar-refractivity contribution in [3.05, 3.63) is 41.9 Å².